The number of unbranched alkanes of at least 4 members (excludes halogenated alkanes) is 3. The van der Waals surface area contributed by atoms with Crippen LogP contribution in [0.15, 0.2) is 49.1 Å². The van der Waals surface area contributed by atoms with Crippen molar-refractivity contribution in [2.24, 2.45) is 11.8 Å². The van der Waals surface area contributed by atoms with Crippen LogP contribution in [0, 0.1) is 11.8 Å². The molecule has 0 amide bonds. The number of hydrogen-bond acceptors (Lipinski definition) is 1. The maximum Gasteiger partial charge on any atom is 0.0948 e. The average molecular weight is 313 g/mol. The zero-order valence-electron chi connectivity index (χ0n) is 15.0. The van der Waals surface area contributed by atoms with Crippen LogP contribution in [0.25, 0.3) is 0 Å². The highest BCUT2D eigenvalue weighted by atomic mass is 15.1. The van der Waals surface area contributed by atoms with Gasteiger partial charge in [-0.25, -0.2) is 4.98 Å². The van der Waals surface area contributed by atoms with Crippen molar-refractivity contribution in [2.45, 2.75) is 65.3 Å². The summed E-state index contributed by atoms with van der Waals surface area (Å²) in [6.45, 7) is 7.01. The summed E-state index contributed by atoms with van der Waals surface area (Å²) in [7, 11) is 0. The van der Waals surface area contributed by atoms with Crippen molar-refractivity contribution in [3.05, 3.63) is 54.6 Å². The molecule has 0 N–H and O–H groups in total. The van der Waals surface area contributed by atoms with Gasteiger partial charge in [0.25, 0.3) is 0 Å². The van der Waals surface area contributed by atoms with E-state index in [4.69, 9.17) is 0 Å². The lowest BCUT2D eigenvalue weighted by Crippen LogP contribution is -2.25. The summed E-state index contributed by atoms with van der Waals surface area (Å²) in [5.41, 5.74) is 1.45. The van der Waals surface area contributed by atoms with Gasteiger partial charge in [0.05, 0.1) is 6.33 Å². The van der Waals surface area contributed by atoms with Gasteiger partial charge in [-0.2, -0.15) is 0 Å². The van der Waals surface area contributed by atoms with Crippen molar-refractivity contribution in [2.75, 3.05) is 0 Å². The van der Waals surface area contributed by atoms with Crippen LogP contribution in [0.2, 0.25) is 0 Å². The maximum atomic E-state index is 4.30. The van der Waals surface area contributed by atoms with Crippen LogP contribution in [0.5, 0.6) is 0 Å². The molecule has 1 aromatic carbocycles. The largest absolute Gasteiger partial charge is 0.334 e. The highest BCUT2D eigenvalue weighted by Crippen LogP contribution is 2.33. The van der Waals surface area contributed by atoms with Gasteiger partial charge in [-0.05, 0) is 30.2 Å². The third-order valence-electron chi connectivity index (χ3n) is 4.93. The fraction of sp³-hybridized carbons (Fsp3) is 0.571. The molecule has 0 aliphatic rings. The lowest BCUT2D eigenvalue weighted by atomic mass is 9.81. The zero-order valence-corrected chi connectivity index (χ0v) is 15.0. The average Bonchev–Trinajstić information content (AvgIpc) is 3.08. The first-order valence-electron chi connectivity index (χ1n) is 9.23. The first-order chi connectivity index (χ1) is 11.2. The highest BCUT2D eigenvalue weighted by molar-refractivity contribution is 5.15. The number of nitrogens with zero attached hydrogens (tertiary/aromatic N) is 2. The second kappa shape index (κ2) is 9.54. The first kappa shape index (κ1) is 17.8. The Balaban J connectivity index is 2.12. The molecular formula is C21H32N2. The smallest absolute Gasteiger partial charge is 0.0948 e. The molecule has 1 heterocycles. The van der Waals surface area contributed by atoms with E-state index in [0.29, 0.717) is 17.9 Å². The van der Waals surface area contributed by atoms with Crippen LogP contribution in [0.3, 0.4) is 0 Å². The van der Waals surface area contributed by atoms with Crippen molar-refractivity contribution >= 4 is 0 Å². The number of aromatic nitrogens is 2. The van der Waals surface area contributed by atoms with Crippen LogP contribution in [-0.2, 0) is 6.42 Å². The number of rotatable bonds is 10. The van der Waals surface area contributed by atoms with E-state index in [1.807, 2.05) is 12.5 Å². The molecule has 0 radical (unpaired) electrons. The van der Waals surface area contributed by atoms with Crippen LogP contribution < -0.4 is 0 Å². The molecule has 2 unspecified atom stereocenters. The molecule has 0 bridgehead atoms. The molecule has 2 atom stereocenters. The second-order valence-electron chi connectivity index (χ2n) is 7.02. The third-order valence-corrected chi connectivity index (χ3v) is 4.93. The zero-order chi connectivity index (χ0) is 16.5. The Morgan fingerprint density at radius 3 is 2.43 bits per heavy atom. The summed E-state index contributed by atoms with van der Waals surface area (Å²) < 4.78 is 2.35. The summed E-state index contributed by atoms with van der Waals surface area (Å²) in [6, 6.07) is 11.5. The van der Waals surface area contributed by atoms with Crippen LogP contribution in [0.4, 0.5) is 0 Å². The number of benzene rings is 1. The van der Waals surface area contributed by atoms with Crippen molar-refractivity contribution in [3.63, 3.8) is 0 Å². The van der Waals surface area contributed by atoms with Gasteiger partial charge >= 0.3 is 0 Å². The van der Waals surface area contributed by atoms with Gasteiger partial charge in [0.1, 0.15) is 0 Å². The summed E-state index contributed by atoms with van der Waals surface area (Å²) in [4.78, 5) is 4.30. The van der Waals surface area contributed by atoms with E-state index in [2.05, 4.69) is 66.9 Å². The van der Waals surface area contributed by atoms with E-state index in [0.717, 1.165) is 6.42 Å². The molecule has 0 aliphatic heterocycles. The number of imidazole rings is 1. The topological polar surface area (TPSA) is 17.8 Å². The van der Waals surface area contributed by atoms with E-state index in [1.165, 1.54) is 37.7 Å². The molecule has 1 aromatic heterocycles. The molecular weight excluding hydrogens is 280 g/mol. The highest BCUT2D eigenvalue weighted by Gasteiger charge is 2.25. The Morgan fingerprint density at radius 1 is 1.04 bits per heavy atom. The third kappa shape index (κ3) is 5.53. The predicted molar refractivity (Wildman–Crippen MR) is 98.5 cm³/mol. The standard InChI is InChI=1S/C21H32N2/c1-4-5-6-10-13-21(23-15-14-22-17-23)20(18(2)3)16-19-11-8-7-9-12-19/h7-9,11-12,14-15,17-18,20-21H,4-6,10,13,16H2,1-3H3. The van der Waals surface area contributed by atoms with E-state index < -0.39 is 0 Å². The molecule has 0 saturated carbocycles. The summed E-state index contributed by atoms with van der Waals surface area (Å²) in [5, 5.41) is 0. The van der Waals surface area contributed by atoms with E-state index in [-0.39, 0.29) is 0 Å². The van der Waals surface area contributed by atoms with Crippen LogP contribution in [-0.4, -0.2) is 9.55 Å². The maximum absolute atomic E-state index is 4.30. The minimum atomic E-state index is 0.551. The SMILES string of the molecule is CCCCCCC(C(Cc1ccccc1)C(C)C)n1ccnc1. The van der Waals surface area contributed by atoms with Crippen LogP contribution >= 0.6 is 0 Å². The molecule has 2 rings (SSSR count). The van der Waals surface area contributed by atoms with Gasteiger partial charge in [-0.1, -0.05) is 76.8 Å². The van der Waals surface area contributed by atoms with Crippen LogP contribution in [0.1, 0.15) is 64.5 Å². The van der Waals surface area contributed by atoms with E-state index >= 15 is 0 Å². The normalized spacial score (nSPS) is 14.1. The van der Waals surface area contributed by atoms with Gasteiger partial charge in [0, 0.05) is 18.4 Å². The Hall–Kier alpha value is -1.57. The Labute approximate surface area is 142 Å². The molecule has 2 aromatic rings. The quantitative estimate of drug-likeness (QED) is 0.499. The Morgan fingerprint density at radius 2 is 1.83 bits per heavy atom. The summed E-state index contributed by atoms with van der Waals surface area (Å²) in [5.74, 6) is 1.31. The number of hydrogen-bond donors (Lipinski definition) is 0. The first-order valence-corrected chi connectivity index (χ1v) is 9.23. The van der Waals surface area contributed by atoms with E-state index in [1.54, 1.807) is 0 Å². The van der Waals surface area contributed by atoms with Gasteiger partial charge < -0.3 is 4.57 Å². The molecule has 126 valence electrons. The molecule has 0 aliphatic carbocycles. The molecule has 23 heavy (non-hydrogen) atoms. The van der Waals surface area contributed by atoms with Gasteiger partial charge in [0.2, 0.25) is 0 Å². The fourth-order valence-corrected chi connectivity index (χ4v) is 3.53. The second-order valence-corrected chi connectivity index (χ2v) is 7.02. The molecule has 0 saturated heterocycles. The molecule has 2 heteroatoms. The summed E-state index contributed by atoms with van der Waals surface area (Å²) >= 11 is 0. The van der Waals surface area contributed by atoms with E-state index in [9.17, 15) is 0 Å². The molecule has 0 spiro atoms. The monoisotopic (exact) mass is 312 g/mol. The minimum Gasteiger partial charge on any atom is -0.334 e. The molecule has 2 nitrogen and oxygen atoms in total. The lowest BCUT2D eigenvalue weighted by molar-refractivity contribution is 0.234. The van der Waals surface area contributed by atoms with Crippen molar-refractivity contribution in [1.82, 2.24) is 9.55 Å². The minimum absolute atomic E-state index is 0.551. The van der Waals surface area contributed by atoms with Crippen molar-refractivity contribution < 1.29 is 0 Å². The molecule has 0 fully saturated rings. The van der Waals surface area contributed by atoms with Gasteiger partial charge in [-0.15, -0.1) is 0 Å². The lowest BCUT2D eigenvalue weighted by Gasteiger charge is -2.31. The van der Waals surface area contributed by atoms with Gasteiger partial charge in [0.15, 0.2) is 0 Å². The van der Waals surface area contributed by atoms with Crippen molar-refractivity contribution in [1.29, 1.82) is 0 Å². The Kier molecular flexibility index (Phi) is 7.38. The van der Waals surface area contributed by atoms with Crippen molar-refractivity contribution in [3.8, 4) is 0 Å². The predicted octanol–water partition coefficient (Wildman–Crippen LogP) is 5.91. The fourth-order valence-electron chi connectivity index (χ4n) is 3.53. The summed E-state index contributed by atoms with van der Waals surface area (Å²) in [6.07, 6.45) is 13.8. The van der Waals surface area contributed by atoms with Gasteiger partial charge in [-0.3, -0.25) is 0 Å². The Bertz CT molecular complexity index is 516.